The minimum Gasteiger partial charge on any atom is -0.337 e. The summed E-state index contributed by atoms with van der Waals surface area (Å²) >= 11 is 0. The van der Waals surface area contributed by atoms with Crippen LogP contribution < -0.4 is 5.32 Å². The zero-order valence-corrected chi connectivity index (χ0v) is 11.4. The van der Waals surface area contributed by atoms with Crippen LogP contribution in [0.5, 0.6) is 0 Å². The lowest BCUT2D eigenvalue weighted by atomic mass is 9.98. The molecular weight excluding hydrogens is 224 g/mol. The summed E-state index contributed by atoms with van der Waals surface area (Å²) in [6, 6.07) is 10.2. The van der Waals surface area contributed by atoms with Gasteiger partial charge >= 0.3 is 0 Å². The molecule has 1 unspecified atom stereocenters. The van der Waals surface area contributed by atoms with Crippen molar-refractivity contribution in [3.8, 4) is 0 Å². The molecule has 1 aliphatic heterocycles. The maximum absolute atomic E-state index is 12.4. The fraction of sp³-hybridized carbons (Fsp3) is 0.533. The first-order valence-electron chi connectivity index (χ1n) is 6.56. The summed E-state index contributed by atoms with van der Waals surface area (Å²) in [6.45, 7) is 8.03. The van der Waals surface area contributed by atoms with Gasteiger partial charge in [0.15, 0.2) is 0 Å². The fourth-order valence-corrected chi connectivity index (χ4v) is 2.38. The van der Waals surface area contributed by atoms with Crippen LogP contribution >= 0.6 is 0 Å². The summed E-state index contributed by atoms with van der Waals surface area (Å²) in [5, 5.41) is 3.46. The van der Waals surface area contributed by atoms with Gasteiger partial charge in [0.2, 0.25) is 5.91 Å². The van der Waals surface area contributed by atoms with Crippen LogP contribution in [0.15, 0.2) is 30.3 Å². The highest BCUT2D eigenvalue weighted by atomic mass is 16.2. The van der Waals surface area contributed by atoms with Crippen LogP contribution in [0.1, 0.15) is 26.3 Å². The Balaban J connectivity index is 2.04. The second-order valence-corrected chi connectivity index (χ2v) is 5.80. The molecule has 2 rings (SSSR count). The van der Waals surface area contributed by atoms with Gasteiger partial charge in [0.25, 0.3) is 0 Å². The Hall–Kier alpha value is -1.35. The Kier molecular flexibility index (Phi) is 3.71. The van der Waals surface area contributed by atoms with Crippen LogP contribution in [0, 0.1) is 0 Å². The Labute approximate surface area is 109 Å². The Bertz CT molecular complexity index is 414. The molecule has 1 aromatic rings. The minimum absolute atomic E-state index is 0.0128. The van der Waals surface area contributed by atoms with Gasteiger partial charge in [-0.25, -0.2) is 0 Å². The van der Waals surface area contributed by atoms with E-state index in [1.54, 1.807) is 0 Å². The van der Waals surface area contributed by atoms with E-state index in [1.165, 1.54) is 0 Å². The lowest BCUT2D eigenvalue weighted by molar-refractivity contribution is -0.135. The molecule has 1 aromatic carbocycles. The fourth-order valence-electron chi connectivity index (χ4n) is 2.38. The van der Waals surface area contributed by atoms with Crippen LogP contribution in [0.3, 0.4) is 0 Å². The molecule has 1 heterocycles. The highest BCUT2D eigenvalue weighted by molar-refractivity contribution is 5.79. The van der Waals surface area contributed by atoms with Crippen molar-refractivity contribution < 1.29 is 4.79 Å². The van der Waals surface area contributed by atoms with Crippen molar-refractivity contribution in [1.82, 2.24) is 10.2 Å². The first-order valence-corrected chi connectivity index (χ1v) is 6.56. The lowest BCUT2D eigenvalue weighted by Crippen LogP contribution is -2.62. The van der Waals surface area contributed by atoms with Gasteiger partial charge in [-0.3, -0.25) is 4.79 Å². The molecule has 1 aliphatic rings. The van der Waals surface area contributed by atoms with Crippen molar-refractivity contribution in [3.05, 3.63) is 35.9 Å². The van der Waals surface area contributed by atoms with Crippen LogP contribution in [0.2, 0.25) is 0 Å². The van der Waals surface area contributed by atoms with Gasteiger partial charge in [-0.15, -0.1) is 0 Å². The molecule has 3 nitrogen and oxygen atoms in total. The smallest absolute Gasteiger partial charge is 0.227 e. The molecule has 18 heavy (non-hydrogen) atoms. The van der Waals surface area contributed by atoms with Gasteiger partial charge in [-0.2, -0.15) is 0 Å². The molecule has 98 valence electrons. The zero-order chi connectivity index (χ0) is 13.2. The minimum atomic E-state index is 0.0128. The molecule has 0 aliphatic carbocycles. The van der Waals surface area contributed by atoms with Crippen molar-refractivity contribution >= 4 is 5.91 Å². The van der Waals surface area contributed by atoms with E-state index in [9.17, 15) is 4.79 Å². The Morgan fingerprint density at radius 1 is 1.39 bits per heavy atom. The Morgan fingerprint density at radius 2 is 2.06 bits per heavy atom. The number of piperazine rings is 1. The van der Waals surface area contributed by atoms with Gasteiger partial charge in [-0.1, -0.05) is 30.3 Å². The van der Waals surface area contributed by atoms with Crippen molar-refractivity contribution in [2.45, 2.75) is 38.8 Å². The van der Waals surface area contributed by atoms with Crippen LogP contribution in [0.4, 0.5) is 0 Å². The number of carbonyl (C=O) groups is 1. The summed E-state index contributed by atoms with van der Waals surface area (Å²) < 4.78 is 0. The molecule has 1 amide bonds. The first-order chi connectivity index (χ1) is 8.48. The normalized spacial score (nSPS) is 22.8. The molecule has 1 saturated heterocycles. The quantitative estimate of drug-likeness (QED) is 0.863. The van der Waals surface area contributed by atoms with Crippen molar-refractivity contribution in [2.75, 3.05) is 13.1 Å². The van der Waals surface area contributed by atoms with E-state index in [-0.39, 0.29) is 17.5 Å². The number of hydrogen-bond donors (Lipinski definition) is 1. The summed E-state index contributed by atoms with van der Waals surface area (Å²) in [5.41, 5.74) is 1.10. The zero-order valence-electron chi connectivity index (χ0n) is 11.4. The topological polar surface area (TPSA) is 32.3 Å². The monoisotopic (exact) mass is 246 g/mol. The summed E-state index contributed by atoms with van der Waals surface area (Å²) in [7, 11) is 0. The van der Waals surface area contributed by atoms with Gasteiger partial charge in [0.05, 0.1) is 6.42 Å². The standard InChI is InChI=1S/C15H22N2O/c1-12-10-16-15(2,3)11-17(12)14(18)9-13-7-5-4-6-8-13/h4-8,12,16H,9-11H2,1-3H3. The second kappa shape index (κ2) is 5.11. The highest BCUT2D eigenvalue weighted by Crippen LogP contribution is 2.16. The van der Waals surface area contributed by atoms with E-state index in [1.807, 2.05) is 35.2 Å². The number of hydrogen-bond acceptors (Lipinski definition) is 2. The third kappa shape index (κ3) is 3.10. The van der Waals surface area contributed by atoms with E-state index >= 15 is 0 Å². The molecule has 1 N–H and O–H groups in total. The van der Waals surface area contributed by atoms with E-state index in [2.05, 4.69) is 26.1 Å². The molecular formula is C15H22N2O. The molecule has 0 spiro atoms. The molecule has 3 heteroatoms. The number of nitrogens with one attached hydrogen (secondary N) is 1. The summed E-state index contributed by atoms with van der Waals surface area (Å²) in [5.74, 6) is 0.225. The van der Waals surface area contributed by atoms with Crippen molar-refractivity contribution in [2.24, 2.45) is 0 Å². The maximum atomic E-state index is 12.4. The number of amides is 1. The predicted octanol–water partition coefficient (Wildman–Crippen LogP) is 1.83. The summed E-state index contributed by atoms with van der Waals surface area (Å²) in [6.07, 6.45) is 0.501. The molecule has 0 bridgehead atoms. The van der Waals surface area contributed by atoms with Crippen molar-refractivity contribution in [1.29, 1.82) is 0 Å². The molecule has 0 aromatic heterocycles. The molecule has 0 saturated carbocycles. The number of benzene rings is 1. The van der Waals surface area contributed by atoms with E-state index in [0.717, 1.165) is 18.7 Å². The second-order valence-electron chi connectivity index (χ2n) is 5.80. The third-order valence-electron chi connectivity index (χ3n) is 3.49. The van der Waals surface area contributed by atoms with Gasteiger partial charge in [0.1, 0.15) is 0 Å². The SMILES string of the molecule is CC1CNC(C)(C)CN1C(=O)Cc1ccccc1. The van der Waals surface area contributed by atoms with Crippen LogP contribution in [-0.4, -0.2) is 35.5 Å². The average molecular weight is 246 g/mol. The maximum Gasteiger partial charge on any atom is 0.227 e. The number of rotatable bonds is 2. The average Bonchev–Trinajstić information content (AvgIpc) is 2.33. The highest BCUT2D eigenvalue weighted by Gasteiger charge is 2.32. The lowest BCUT2D eigenvalue weighted by Gasteiger charge is -2.43. The van der Waals surface area contributed by atoms with E-state index in [0.29, 0.717) is 6.42 Å². The largest absolute Gasteiger partial charge is 0.337 e. The van der Waals surface area contributed by atoms with Crippen LogP contribution in [0.25, 0.3) is 0 Å². The third-order valence-corrected chi connectivity index (χ3v) is 3.49. The molecule has 0 radical (unpaired) electrons. The molecule has 1 atom stereocenters. The van der Waals surface area contributed by atoms with Gasteiger partial charge in [-0.05, 0) is 26.3 Å². The number of carbonyl (C=O) groups excluding carboxylic acids is 1. The van der Waals surface area contributed by atoms with Crippen molar-refractivity contribution in [3.63, 3.8) is 0 Å². The first kappa shape index (κ1) is 13.1. The predicted molar refractivity (Wildman–Crippen MR) is 73.4 cm³/mol. The van der Waals surface area contributed by atoms with Crippen LogP contribution in [-0.2, 0) is 11.2 Å². The summed E-state index contributed by atoms with van der Waals surface area (Å²) in [4.78, 5) is 14.4. The number of nitrogens with zero attached hydrogens (tertiary/aromatic N) is 1. The Morgan fingerprint density at radius 3 is 2.72 bits per heavy atom. The van der Waals surface area contributed by atoms with E-state index in [4.69, 9.17) is 0 Å². The van der Waals surface area contributed by atoms with E-state index < -0.39 is 0 Å². The van der Waals surface area contributed by atoms with Gasteiger partial charge < -0.3 is 10.2 Å². The molecule has 1 fully saturated rings. The van der Waals surface area contributed by atoms with Gasteiger partial charge in [0, 0.05) is 24.7 Å².